The van der Waals surface area contributed by atoms with Crippen molar-refractivity contribution in [3.8, 4) is 17.2 Å². The van der Waals surface area contributed by atoms with E-state index >= 15 is 0 Å². The number of nitrogens with one attached hydrogen (secondary N) is 1. The molecule has 0 atom stereocenters. The molecule has 0 aromatic heterocycles. The van der Waals surface area contributed by atoms with Gasteiger partial charge in [0.15, 0.2) is 18.1 Å². The largest absolute Gasteiger partial charge is 0.493 e. The Bertz CT molecular complexity index is 1310. The summed E-state index contributed by atoms with van der Waals surface area (Å²) in [6, 6.07) is 18.0. The van der Waals surface area contributed by atoms with Gasteiger partial charge in [-0.3, -0.25) is 4.79 Å². The van der Waals surface area contributed by atoms with E-state index < -0.39 is 5.97 Å². The highest BCUT2D eigenvalue weighted by Crippen LogP contribution is 2.45. The highest BCUT2D eigenvalue weighted by atomic mass is 127. The van der Waals surface area contributed by atoms with Crippen molar-refractivity contribution in [2.45, 2.75) is 11.2 Å². The van der Waals surface area contributed by atoms with E-state index in [9.17, 15) is 14.7 Å². The zero-order valence-electron chi connectivity index (χ0n) is 20.4. The van der Waals surface area contributed by atoms with Crippen molar-refractivity contribution in [3.05, 3.63) is 86.5 Å². The number of hydrogen-bond donors (Lipinski definition) is 2. The number of nitrogens with zero attached hydrogens (tertiary/aromatic N) is 1. The Kier molecular flexibility index (Phi) is 10.2. The van der Waals surface area contributed by atoms with Crippen LogP contribution in [-0.2, 0) is 11.4 Å². The van der Waals surface area contributed by atoms with Crippen LogP contribution in [0, 0.1) is 3.57 Å². The second kappa shape index (κ2) is 13.8. The molecule has 198 valence electrons. The van der Waals surface area contributed by atoms with Gasteiger partial charge < -0.3 is 19.3 Å². The fraction of sp³-hybridized carbons (Fsp3) is 0.222. The molecule has 1 saturated heterocycles. The fourth-order valence-corrected chi connectivity index (χ4v) is 7.18. The number of benzene rings is 3. The molecular formula is C27H25IN2O6S2. The summed E-state index contributed by atoms with van der Waals surface area (Å²) in [5, 5.41) is 13.2. The number of carboxylic acids is 1. The molecule has 38 heavy (non-hydrogen) atoms. The molecule has 8 nitrogen and oxygen atoms in total. The van der Waals surface area contributed by atoms with Gasteiger partial charge in [-0.15, -0.1) is 23.5 Å². The molecule has 3 aromatic carbocycles. The summed E-state index contributed by atoms with van der Waals surface area (Å²) in [6.45, 7) is 0.0263. The number of hydrogen-bond acceptors (Lipinski definition) is 8. The number of hydrazone groups is 1. The second-order valence-corrected chi connectivity index (χ2v) is 11.9. The van der Waals surface area contributed by atoms with Crippen molar-refractivity contribution in [3.63, 3.8) is 0 Å². The third kappa shape index (κ3) is 7.81. The monoisotopic (exact) mass is 664 g/mol. The lowest BCUT2D eigenvalue weighted by Crippen LogP contribution is -2.24. The van der Waals surface area contributed by atoms with Crippen molar-refractivity contribution in [2.75, 3.05) is 25.2 Å². The molecule has 4 rings (SSSR count). The quantitative estimate of drug-likeness (QED) is 0.156. The van der Waals surface area contributed by atoms with E-state index in [4.69, 9.17) is 14.2 Å². The van der Waals surface area contributed by atoms with Gasteiger partial charge in [-0.1, -0.05) is 24.3 Å². The Balaban J connectivity index is 1.29. The fourth-order valence-electron chi connectivity index (χ4n) is 3.54. The van der Waals surface area contributed by atoms with E-state index in [0.29, 0.717) is 27.4 Å². The Morgan fingerprint density at radius 2 is 1.87 bits per heavy atom. The van der Waals surface area contributed by atoms with Gasteiger partial charge in [0.05, 0.1) is 27.0 Å². The van der Waals surface area contributed by atoms with Crippen molar-refractivity contribution < 1.29 is 28.9 Å². The van der Waals surface area contributed by atoms with Crippen LogP contribution in [0.25, 0.3) is 0 Å². The molecular weight excluding hydrogens is 639 g/mol. The average molecular weight is 665 g/mol. The number of carbonyl (C=O) groups excluding carboxylic acids is 1. The molecule has 0 aliphatic carbocycles. The predicted molar refractivity (Wildman–Crippen MR) is 159 cm³/mol. The van der Waals surface area contributed by atoms with Crippen molar-refractivity contribution in [2.24, 2.45) is 5.10 Å². The third-order valence-corrected chi connectivity index (χ3v) is 9.26. The van der Waals surface area contributed by atoms with Gasteiger partial charge >= 0.3 is 5.97 Å². The van der Waals surface area contributed by atoms with Crippen molar-refractivity contribution >= 4 is 64.2 Å². The molecule has 0 spiro atoms. The molecule has 1 heterocycles. The smallest absolute Gasteiger partial charge is 0.335 e. The van der Waals surface area contributed by atoms with Crippen LogP contribution in [0.1, 0.15) is 31.6 Å². The number of rotatable bonds is 11. The van der Waals surface area contributed by atoms with E-state index in [0.717, 1.165) is 9.13 Å². The minimum Gasteiger partial charge on any atom is -0.493 e. The van der Waals surface area contributed by atoms with Gasteiger partial charge in [-0.2, -0.15) is 5.10 Å². The number of thioether (sulfide) groups is 2. The standard InChI is InChI=1S/C27H25IN2O6S2/c1-34-23-13-18(12-22(28)25(23)36-15-17-3-2-4-20(11-17)26(32)33)14-29-30-24(31)16-35-21-7-5-19(6-8-21)27-37-9-10-38-27/h2-8,11-14,27H,9-10,15-16H2,1H3,(H,30,31)(H,32,33)/b29-14-. The first-order chi connectivity index (χ1) is 18.4. The number of ether oxygens (including phenoxy) is 3. The Morgan fingerprint density at radius 3 is 2.58 bits per heavy atom. The van der Waals surface area contributed by atoms with Crippen LogP contribution in [0.4, 0.5) is 0 Å². The number of carbonyl (C=O) groups is 2. The molecule has 11 heteroatoms. The van der Waals surface area contributed by atoms with Gasteiger partial charge in [0.1, 0.15) is 12.4 Å². The second-order valence-electron chi connectivity index (χ2n) is 8.05. The summed E-state index contributed by atoms with van der Waals surface area (Å²) in [5.74, 6) is 2.61. The van der Waals surface area contributed by atoms with Crippen LogP contribution in [0.15, 0.2) is 65.8 Å². The van der Waals surface area contributed by atoms with Gasteiger partial charge in [-0.25, -0.2) is 10.2 Å². The van der Waals surface area contributed by atoms with Crippen LogP contribution in [0.3, 0.4) is 0 Å². The van der Waals surface area contributed by atoms with Gasteiger partial charge in [-0.05, 0) is 75.7 Å². The molecule has 1 aliphatic rings. The highest BCUT2D eigenvalue weighted by Gasteiger charge is 2.18. The van der Waals surface area contributed by atoms with E-state index in [1.165, 1.54) is 36.5 Å². The third-order valence-electron chi connectivity index (χ3n) is 5.36. The molecule has 2 N–H and O–H groups in total. The molecule has 1 fully saturated rings. The maximum atomic E-state index is 12.2. The number of halogens is 1. The number of amides is 1. The average Bonchev–Trinajstić information content (AvgIpc) is 3.46. The summed E-state index contributed by atoms with van der Waals surface area (Å²) in [5.41, 5.74) is 5.34. The number of carboxylic acid groups (broad SMARTS) is 1. The highest BCUT2D eigenvalue weighted by molar-refractivity contribution is 14.1. The normalized spacial score (nSPS) is 13.4. The van der Waals surface area contributed by atoms with Crippen LogP contribution in [0.5, 0.6) is 17.2 Å². The Hall–Kier alpha value is -2.90. The molecule has 3 aromatic rings. The SMILES string of the molecule is COc1cc(/C=N\NC(=O)COc2ccc(C3SCCS3)cc2)cc(I)c1OCc1cccc(C(=O)O)c1. The lowest BCUT2D eigenvalue weighted by atomic mass is 10.1. The first kappa shape index (κ1) is 28.1. The Labute approximate surface area is 242 Å². The van der Waals surface area contributed by atoms with E-state index in [2.05, 4.69) is 33.1 Å². The molecule has 0 saturated carbocycles. The van der Waals surface area contributed by atoms with Gasteiger partial charge in [0.25, 0.3) is 5.91 Å². The summed E-state index contributed by atoms with van der Waals surface area (Å²) in [7, 11) is 1.53. The van der Waals surface area contributed by atoms with E-state index in [1.54, 1.807) is 24.3 Å². The summed E-state index contributed by atoms with van der Waals surface area (Å²) < 4.78 is 18.2. The molecule has 0 radical (unpaired) electrons. The summed E-state index contributed by atoms with van der Waals surface area (Å²) in [4.78, 5) is 23.4. The number of aromatic carboxylic acids is 1. The van der Waals surface area contributed by atoms with Gasteiger partial charge in [0, 0.05) is 11.5 Å². The first-order valence-electron chi connectivity index (χ1n) is 11.5. The number of methoxy groups -OCH3 is 1. The van der Waals surface area contributed by atoms with Crippen molar-refractivity contribution in [1.29, 1.82) is 0 Å². The molecule has 0 bridgehead atoms. The topological polar surface area (TPSA) is 106 Å². The molecule has 0 unspecified atom stereocenters. The van der Waals surface area contributed by atoms with Crippen molar-refractivity contribution in [1.82, 2.24) is 5.43 Å². The van der Waals surface area contributed by atoms with Crippen LogP contribution in [0.2, 0.25) is 0 Å². The summed E-state index contributed by atoms with van der Waals surface area (Å²) in [6.07, 6.45) is 1.51. The lowest BCUT2D eigenvalue weighted by molar-refractivity contribution is -0.123. The molecule has 1 aliphatic heterocycles. The minimum atomic E-state index is -0.993. The maximum Gasteiger partial charge on any atom is 0.335 e. The molecule has 1 amide bonds. The predicted octanol–water partition coefficient (Wildman–Crippen LogP) is 5.58. The minimum absolute atomic E-state index is 0.152. The van der Waals surface area contributed by atoms with Crippen LogP contribution < -0.4 is 19.6 Å². The lowest BCUT2D eigenvalue weighted by Gasteiger charge is -2.14. The maximum absolute atomic E-state index is 12.2. The van der Waals surface area contributed by atoms with Crippen LogP contribution >= 0.6 is 46.1 Å². The van der Waals surface area contributed by atoms with E-state index in [1.807, 2.05) is 53.9 Å². The van der Waals surface area contributed by atoms with Crippen LogP contribution in [-0.4, -0.2) is 48.4 Å². The Morgan fingerprint density at radius 1 is 1.11 bits per heavy atom. The van der Waals surface area contributed by atoms with E-state index in [-0.39, 0.29) is 24.7 Å². The summed E-state index contributed by atoms with van der Waals surface area (Å²) >= 11 is 6.01. The zero-order valence-corrected chi connectivity index (χ0v) is 24.2. The van der Waals surface area contributed by atoms with Gasteiger partial charge in [0.2, 0.25) is 0 Å². The zero-order chi connectivity index (χ0) is 26.9. The first-order valence-corrected chi connectivity index (χ1v) is 14.7.